The Hall–Kier alpha value is -1.30. The fourth-order valence-corrected chi connectivity index (χ4v) is 3.93. The standard InChI is InChI=1S/C19H36N4O2/c1-4-22-13-9-16(10-14-22)8-11-21-19(20-3)23-12-6-7-17(15-23)18(24)25-5-2/h16-17H,4-15H2,1-3H3,(H,20,21). The minimum atomic E-state index is -0.0645. The van der Waals surface area contributed by atoms with Gasteiger partial charge in [0.15, 0.2) is 5.96 Å². The highest BCUT2D eigenvalue weighted by atomic mass is 16.5. The molecule has 0 aromatic carbocycles. The Bertz CT molecular complexity index is 433. The first kappa shape index (κ1) is 20.0. The third-order valence-corrected chi connectivity index (χ3v) is 5.54. The minimum absolute atomic E-state index is 0.0226. The summed E-state index contributed by atoms with van der Waals surface area (Å²) in [4.78, 5) is 21.2. The molecule has 6 nitrogen and oxygen atoms in total. The van der Waals surface area contributed by atoms with Gasteiger partial charge < -0.3 is 19.9 Å². The average molecular weight is 353 g/mol. The van der Waals surface area contributed by atoms with Crippen LogP contribution < -0.4 is 5.32 Å². The number of hydrogen-bond acceptors (Lipinski definition) is 4. The van der Waals surface area contributed by atoms with Gasteiger partial charge in [0.25, 0.3) is 0 Å². The van der Waals surface area contributed by atoms with Crippen LogP contribution in [-0.4, -0.2) is 74.7 Å². The van der Waals surface area contributed by atoms with Crippen molar-refractivity contribution < 1.29 is 9.53 Å². The summed E-state index contributed by atoms with van der Waals surface area (Å²) >= 11 is 0. The van der Waals surface area contributed by atoms with E-state index in [9.17, 15) is 4.79 Å². The molecule has 0 aromatic heterocycles. The SMILES string of the molecule is CCOC(=O)C1CCCN(C(=NC)NCCC2CCN(CC)CC2)C1. The molecule has 0 aliphatic carbocycles. The number of carbonyl (C=O) groups excluding carboxylic acids is 1. The quantitative estimate of drug-likeness (QED) is 0.450. The molecule has 2 rings (SSSR count). The number of esters is 1. The van der Waals surface area contributed by atoms with Crippen molar-refractivity contribution in [1.82, 2.24) is 15.1 Å². The predicted octanol–water partition coefficient (Wildman–Crippen LogP) is 1.96. The lowest BCUT2D eigenvalue weighted by Crippen LogP contribution is -2.48. The van der Waals surface area contributed by atoms with Crippen LogP contribution in [0.3, 0.4) is 0 Å². The van der Waals surface area contributed by atoms with E-state index in [1.165, 1.54) is 38.9 Å². The number of rotatable bonds is 6. The summed E-state index contributed by atoms with van der Waals surface area (Å²) in [5.74, 6) is 1.66. The van der Waals surface area contributed by atoms with Gasteiger partial charge in [0.1, 0.15) is 0 Å². The monoisotopic (exact) mass is 352 g/mol. The lowest BCUT2D eigenvalue weighted by Gasteiger charge is -2.34. The molecule has 2 saturated heterocycles. The second kappa shape index (κ2) is 10.6. The van der Waals surface area contributed by atoms with E-state index >= 15 is 0 Å². The maximum absolute atomic E-state index is 12.0. The van der Waals surface area contributed by atoms with Gasteiger partial charge in [-0.3, -0.25) is 9.79 Å². The number of hydrogen-bond donors (Lipinski definition) is 1. The Kier molecular flexibility index (Phi) is 8.52. The molecule has 1 atom stereocenters. The number of guanidine groups is 1. The smallest absolute Gasteiger partial charge is 0.310 e. The molecule has 2 heterocycles. The first-order valence-electron chi connectivity index (χ1n) is 10.0. The number of aliphatic imine (C=N–C) groups is 1. The van der Waals surface area contributed by atoms with Crippen LogP contribution in [0.2, 0.25) is 0 Å². The van der Waals surface area contributed by atoms with Crippen molar-refractivity contribution in [1.29, 1.82) is 0 Å². The zero-order valence-corrected chi connectivity index (χ0v) is 16.3. The van der Waals surface area contributed by atoms with Gasteiger partial charge in [-0.05, 0) is 64.6 Å². The minimum Gasteiger partial charge on any atom is -0.466 e. The summed E-state index contributed by atoms with van der Waals surface area (Å²) in [6.07, 6.45) is 5.75. The zero-order valence-electron chi connectivity index (χ0n) is 16.3. The van der Waals surface area contributed by atoms with E-state index in [2.05, 4.69) is 27.0 Å². The number of nitrogens with zero attached hydrogens (tertiary/aromatic N) is 3. The summed E-state index contributed by atoms with van der Waals surface area (Å²) in [5, 5.41) is 3.51. The van der Waals surface area contributed by atoms with Gasteiger partial charge in [-0.1, -0.05) is 6.92 Å². The Morgan fingerprint density at radius 2 is 1.96 bits per heavy atom. The Morgan fingerprint density at radius 3 is 2.60 bits per heavy atom. The summed E-state index contributed by atoms with van der Waals surface area (Å²) < 4.78 is 5.19. The molecule has 1 N–H and O–H groups in total. The fourth-order valence-electron chi connectivity index (χ4n) is 3.93. The van der Waals surface area contributed by atoms with Crippen LogP contribution in [-0.2, 0) is 9.53 Å². The van der Waals surface area contributed by atoms with Crippen molar-refractivity contribution in [2.75, 3.05) is 52.9 Å². The average Bonchev–Trinajstić information content (AvgIpc) is 2.66. The van der Waals surface area contributed by atoms with Gasteiger partial charge in [-0.15, -0.1) is 0 Å². The van der Waals surface area contributed by atoms with Crippen LogP contribution in [0.1, 0.15) is 46.0 Å². The largest absolute Gasteiger partial charge is 0.466 e. The lowest BCUT2D eigenvalue weighted by molar-refractivity contribution is -0.149. The summed E-state index contributed by atoms with van der Waals surface area (Å²) in [7, 11) is 1.83. The van der Waals surface area contributed by atoms with Crippen molar-refractivity contribution in [3.8, 4) is 0 Å². The van der Waals surface area contributed by atoms with Gasteiger partial charge in [0.2, 0.25) is 0 Å². The van der Waals surface area contributed by atoms with E-state index in [0.29, 0.717) is 13.2 Å². The van der Waals surface area contributed by atoms with E-state index < -0.39 is 0 Å². The molecule has 0 bridgehead atoms. The second-order valence-electron chi connectivity index (χ2n) is 7.18. The van der Waals surface area contributed by atoms with E-state index in [1.54, 1.807) is 0 Å². The second-order valence-corrected chi connectivity index (χ2v) is 7.18. The third kappa shape index (κ3) is 6.17. The highest BCUT2D eigenvalue weighted by Gasteiger charge is 2.28. The first-order valence-corrected chi connectivity index (χ1v) is 10.0. The molecule has 2 aliphatic heterocycles. The van der Waals surface area contributed by atoms with Gasteiger partial charge in [0, 0.05) is 26.7 Å². The van der Waals surface area contributed by atoms with Crippen LogP contribution in [0.15, 0.2) is 4.99 Å². The highest BCUT2D eigenvalue weighted by molar-refractivity contribution is 5.81. The zero-order chi connectivity index (χ0) is 18.1. The van der Waals surface area contributed by atoms with E-state index in [0.717, 1.165) is 37.8 Å². The first-order chi connectivity index (χ1) is 12.2. The van der Waals surface area contributed by atoms with Crippen LogP contribution in [0.4, 0.5) is 0 Å². The van der Waals surface area contributed by atoms with Crippen LogP contribution in [0.25, 0.3) is 0 Å². The molecule has 6 heteroatoms. The van der Waals surface area contributed by atoms with Crippen molar-refractivity contribution in [3.63, 3.8) is 0 Å². The molecular formula is C19H36N4O2. The topological polar surface area (TPSA) is 57.2 Å². The summed E-state index contributed by atoms with van der Waals surface area (Å²) in [5.41, 5.74) is 0. The van der Waals surface area contributed by atoms with Crippen LogP contribution >= 0.6 is 0 Å². The van der Waals surface area contributed by atoms with Crippen molar-refractivity contribution in [3.05, 3.63) is 0 Å². The van der Waals surface area contributed by atoms with Crippen molar-refractivity contribution >= 4 is 11.9 Å². The van der Waals surface area contributed by atoms with Gasteiger partial charge in [0.05, 0.1) is 12.5 Å². The molecular weight excluding hydrogens is 316 g/mol. The molecule has 2 fully saturated rings. The van der Waals surface area contributed by atoms with E-state index in [-0.39, 0.29) is 11.9 Å². The molecule has 0 amide bonds. The Balaban J connectivity index is 1.73. The predicted molar refractivity (Wildman–Crippen MR) is 102 cm³/mol. The number of ether oxygens (including phenoxy) is 1. The molecule has 25 heavy (non-hydrogen) atoms. The third-order valence-electron chi connectivity index (χ3n) is 5.54. The van der Waals surface area contributed by atoms with Crippen LogP contribution in [0.5, 0.6) is 0 Å². The highest BCUT2D eigenvalue weighted by Crippen LogP contribution is 2.20. The van der Waals surface area contributed by atoms with Crippen LogP contribution in [0, 0.1) is 11.8 Å². The van der Waals surface area contributed by atoms with Crippen molar-refractivity contribution in [2.45, 2.75) is 46.0 Å². The Morgan fingerprint density at radius 1 is 1.20 bits per heavy atom. The molecule has 0 saturated carbocycles. The van der Waals surface area contributed by atoms with Gasteiger partial charge in [-0.2, -0.15) is 0 Å². The summed E-state index contributed by atoms with van der Waals surface area (Å²) in [6, 6.07) is 0. The molecule has 1 unspecified atom stereocenters. The van der Waals surface area contributed by atoms with Gasteiger partial charge >= 0.3 is 5.97 Å². The van der Waals surface area contributed by atoms with E-state index in [4.69, 9.17) is 4.74 Å². The Labute approximate surface area is 153 Å². The molecule has 0 aromatic rings. The number of carbonyl (C=O) groups is 1. The number of likely N-dealkylation sites (tertiary alicyclic amines) is 2. The summed E-state index contributed by atoms with van der Waals surface area (Å²) in [6.45, 7) is 10.9. The maximum atomic E-state index is 12.0. The normalized spacial score (nSPS) is 23.6. The van der Waals surface area contributed by atoms with E-state index in [1.807, 2.05) is 14.0 Å². The molecule has 0 spiro atoms. The molecule has 2 aliphatic rings. The number of piperidine rings is 2. The maximum Gasteiger partial charge on any atom is 0.310 e. The number of nitrogens with one attached hydrogen (secondary N) is 1. The van der Waals surface area contributed by atoms with Gasteiger partial charge in [-0.25, -0.2) is 0 Å². The van der Waals surface area contributed by atoms with Crippen molar-refractivity contribution in [2.24, 2.45) is 16.8 Å². The lowest BCUT2D eigenvalue weighted by atomic mass is 9.93. The molecule has 0 radical (unpaired) electrons. The molecule has 144 valence electrons. The fraction of sp³-hybridized carbons (Fsp3) is 0.895.